The van der Waals surface area contributed by atoms with Gasteiger partial charge < -0.3 is 0 Å². The van der Waals surface area contributed by atoms with Gasteiger partial charge in [0.25, 0.3) is 0 Å². The zero-order valence-corrected chi connectivity index (χ0v) is 11.0. The number of allylic oxidation sites excluding steroid dienone is 1. The molecule has 0 aliphatic heterocycles. The Hall–Kier alpha value is -0.351. The minimum absolute atomic E-state index is 0.986. The Morgan fingerprint density at radius 1 is 1.29 bits per heavy atom. The maximum atomic E-state index is 3.92. The van der Waals surface area contributed by atoms with Crippen molar-refractivity contribution in [3.8, 4) is 0 Å². The Morgan fingerprint density at radius 3 is 2.29 bits per heavy atom. The van der Waals surface area contributed by atoms with Crippen molar-refractivity contribution >= 4 is 25.9 Å². The van der Waals surface area contributed by atoms with Gasteiger partial charge in [0.2, 0.25) is 0 Å². The minimum atomic E-state index is -1.30. The first-order valence-corrected chi connectivity index (χ1v) is 8.79. The van der Waals surface area contributed by atoms with E-state index in [2.05, 4.69) is 65.3 Å². The van der Waals surface area contributed by atoms with E-state index >= 15 is 0 Å². The van der Waals surface area contributed by atoms with Crippen molar-refractivity contribution in [1.29, 1.82) is 0 Å². The molecule has 1 aromatic carbocycles. The molecule has 0 spiro atoms. The van der Waals surface area contributed by atoms with Gasteiger partial charge in [-0.3, -0.25) is 0 Å². The van der Waals surface area contributed by atoms with E-state index in [0.29, 0.717) is 0 Å². The molecular formula is C12H15PSe. The van der Waals surface area contributed by atoms with Crippen LogP contribution in [0, 0.1) is 6.92 Å². The molecule has 0 bridgehead atoms. The van der Waals surface area contributed by atoms with E-state index in [4.69, 9.17) is 0 Å². The molecule has 1 unspecified atom stereocenters. The third-order valence-electron chi connectivity index (χ3n) is 2.17. The first kappa shape index (κ1) is 11.7. The van der Waals surface area contributed by atoms with E-state index in [-0.39, 0.29) is 0 Å². The molecule has 0 saturated carbocycles. The van der Waals surface area contributed by atoms with Crippen LogP contribution in [0.5, 0.6) is 0 Å². The molecule has 0 aliphatic rings. The fourth-order valence-electron chi connectivity index (χ4n) is 1.27. The Labute approximate surface area is 94.0 Å². The fraction of sp³-hybridized carbons (Fsp3) is 0.167. The second-order valence-electron chi connectivity index (χ2n) is 3.28. The molecule has 0 N–H and O–H groups in total. The van der Waals surface area contributed by atoms with Gasteiger partial charge in [0, 0.05) is 0 Å². The van der Waals surface area contributed by atoms with Crippen molar-refractivity contribution in [2.75, 3.05) is 6.16 Å². The second kappa shape index (κ2) is 4.94. The van der Waals surface area contributed by atoms with Gasteiger partial charge in [0.15, 0.2) is 0 Å². The Kier molecular flexibility index (Phi) is 4.13. The zero-order valence-electron chi connectivity index (χ0n) is 8.44. The van der Waals surface area contributed by atoms with Crippen LogP contribution in [0.4, 0.5) is 0 Å². The normalized spacial score (nSPS) is 14.4. The third kappa shape index (κ3) is 2.58. The molecule has 0 radical (unpaired) electrons. The summed E-state index contributed by atoms with van der Waals surface area (Å²) in [6.07, 6.45) is 2.95. The second-order valence-corrected chi connectivity index (χ2v) is 10.2. The first-order chi connectivity index (χ1) is 6.62. The first-order valence-electron chi connectivity index (χ1n) is 4.53. The summed E-state index contributed by atoms with van der Waals surface area (Å²) in [6.45, 7) is 9.82. The average Bonchev–Trinajstić information content (AvgIpc) is 2.19. The number of rotatable bonds is 4. The van der Waals surface area contributed by atoms with Crippen LogP contribution in [0.25, 0.3) is 0 Å². The molecule has 0 fully saturated rings. The summed E-state index contributed by atoms with van der Waals surface area (Å²) in [4.78, 5) is 0. The number of benzene rings is 1. The van der Waals surface area contributed by atoms with Crippen molar-refractivity contribution in [3.05, 3.63) is 54.9 Å². The topological polar surface area (TPSA) is 0 Å². The van der Waals surface area contributed by atoms with Gasteiger partial charge in [0.1, 0.15) is 0 Å². The standard InChI is InChI=1S/C12H15PSe/c1-4-10-13(14,5-2)12-8-6-11(3)7-9-12/h4-9H,1-2,10H2,3H3. The van der Waals surface area contributed by atoms with Gasteiger partial charge in [-0.25, -0.2) is 0 Å². The average molecular weight is 269 g/mol. The van der Waals surface area contributed by atoms with E-state index in [1.54, 1.807) is 0 Å². The molecule has 0 saturated heterocycles. The van der Waals surface area contributed by atoms with Gasteiger partial charge in [-0.1, -0.05) is 0 Å². The van der Waals surface area contributed by atoms with Crippen LogP contribution < -0.4 is 5.30 Å². The molecule has 0 aliphatic carbocycles. The molecule has 0 aromatic heterocycles. The van der Waals surface area contributed by atoms with Crippen LogP contribution in [0.3, 0.4) is 0 Å². The van der Waals surface area contributed by atoms with Crippen molar-refractivity contribution in [2.45, 2.75) is 6.92 Å². The molecule has 1 atom stereocenters. The summed E-state index contributed by atoms with van der Waals surface area (Å²) < 4.78 is 0. The molecule has 2 heteroatoms. The Balaban J connectivity index is 3.12. The van der Waals surface area contributed by atoms with Gasteiger partial charge in [-0.05, 0) is 0 Å². The Bertz CT molecular complexity index is 376. The van der Waals surface area contributed by atoms with Crippen molar-refractivity contribution in [2.24, 2.45) is 0 Å². The van der Waals surface area contributed by atoms with E-state index in [1.807, 2.05) is 6.08 Å². The molecule has 1 aromatic rings. The summed E-state index contributed by atoms with van der Waals surface area (Å²) in [5, 5.41) is 1.36. The molecule has 1 rings (SSSR count). The van der Waals surface area contributed by atoms with Gasteiger partial charge in [-0.2, -0.15) is 0 Å². The quantitative estimate of drug-likeness (QED) is 0.448. The summed E-state index contributed by atoms with van der Waals surface area (Å²) in [6, 6.07) is 8.66. The van der Waals surface area contributed by atoms with E-state index in [1.165, 1.54) is 10.9 Å². The zero-order chi connectivity index (χ0) is 10.6. The van der Waals surface area contributed by atoms with Crippen LogP contribution >= 0.6 is 5.51 Å². The predicted octanol–water partition coefficient (Wildman–Crippen LogP) is 3.05. The van der Waals surface area contributed by atoms with Crippen molar-refractivity contribution < 1.29 is 0 Å². The van der Waals surface area contributed by atoms with Crippen LogP contribution in [0.1, 0.15) is 5.56 Å². The summed E-state index contributed by atoms with van der Waals surface area (Å²) >= 11 is 3.30. The van der Waals surface area contributed by atoms with E-state index in [0.717, 1.165) is 6.16 Å². The SMILES string of the molecule is C=CCP(=[Se])(C=C)c1ccc(C)cc1. The van der Waals surface area contributed by atoms with Crippen LogP contribution in [-0.2, 0) is 0 Å². The molecule has 0 heterocycles. The van der Waals surface area contributed by atoms with Crippen LogP contribution in [-0.4, -0.2) is 21.3 Å². The summed E-state index contributed by atoms with van der Waals surface area (Å²) in [5.41, 5.74) is -0.00720. The van der Waals surface area contributed by atoms with Gasteiger partial charge in [0.05, 0.1) is 0 Å². The molecular weight excluding hydrogens is 254 g/mol. The Morgan fingerprint density at radius 2 is 1.86 bits per heavy atom. The summed E-state index contributed by atoms with van der Waals surface area (Å²) in [7, 11) is 0. The maximum absolute atomic E-state index is 3.92. The van der Waals surface area contributed by atoms with E-state index < -0.39 is 5.51 Å². The van der Waals surface area contributed by atoms with Crippen LogP contribution in [0.2, 0.25) is 0 Å². The molecule has 0 amide bonds. The molecule has 0 nitrogen and oxygen atoms in total. The summed E-state index contributed by atoms with van der Waals surface area (Å²) in [5.74, 6) is 2.05. The number of hydrogen-bond acceptors (Lipinski definition) is 0. The molecule has 14 heavy (non-hydrogen) atoms. The number of aryl methyl sites for hydroxylation is 1. The van der Waals surface area contributed by atoms with Crippen LogP contribution in [0.15, 0.2) is 49.3 Å². The molecule has 74 valence electrons. The van der Waals surface area contributed by atoms with Crippen molar-refractivity contribution in [3.63, 3.8) is 0 Å². The predicted molar refractivity (Wildman–Crippen MR) is 68.7 cm³/mol. The number of hydrogen-bond donors (Lipinski definition) is 0. The van der Waals surface area contributed by atoms with Gasteiger partial charge in [-0.15, -0.1) is 0 Å². The third-order valence-corrected chi connectivity index (χ3v) is 7.93. The fourth-order valence-corrected chi connectivity index (χ4v) is 4.31. The van der Waals surface area contributed by atoms with Gasteiger partial charge >= 0.3 is 93.9 Å². The van der Waals surface area contributed by atoms with E-state index in [9.17, 15) is 0 Å². The monoisotopic (exact) mass is 270 g/mol. The van der Waals surface area contributed by atoms with Crippen molar-refractivity contribution in [1.82, 2.24) is 0 Å².